The van der Waals surface area contributed by atoms with Gasteiger partial charge in [0, 0.05) is 13.1 Å². The highest BCUT2D eigenvalue weighted by molar-refractivity contribution is 5.66. The van der Waals surface area contributed by atoms with Gasteiger partial charge < -0.3 is 0 Å². The Labute approximate surface area is 104 Å². The van der Waals surface area contributed by atoms with Crippen LogP contribution in [0.25, 0.3) is 5.57 Å². The zero-order valence-electron chi connectivity index (χ0n) is 10.6. The third-order valence-corrected chi connectivity index (χ3v) is 3.50. The SMILES string of the molecule is C#CC(C)(C)N1CC=C(c2ccccc2)CC1. The van der Waals surface area contributed by atoms with Crippen molar-refractivity contribution in [2.24, 2.45) is 0 Å². The Hall–Kier alpha value is -1.52. The van der Waals surface area contributed by atoms with Crippen molar-refractivity contribution in [3.63, 3.8) is 0 Å². The van der Waals surface area contributed by atoms with Crippen LogP contribution in [0.2, 0.25) is 0 Å². The summed E-state index contributed by atoms with van der Waals surface area (Å²) < 4.78 is 0. The maximum absolute atomic E-state index is 5.57. The van der Waals surface area contributed by atoms with Crippen LogP contribution in [0.15, 0.2) is 36.4 Å². The number of terminal acetylenes is 1. The molecule has 0 fully saturated rings. The lowest BCUT2D eigenvalue weighted by Crippen LogP contribution is -2.44. The highest BCUT2D eigenvalue weighted by Crippen LogP contribution is 2.25. The molecule has 1 nitrogen and oxygen atoms in total. The number of rotatable bonds is 2. The molecule has 0 saturated carbocycles. The molecule has 17 heavy (non-hydrogen) atoms. The smallest absolute Gasteiger partial charge is 0.0768 e. The van der Waals surface area contributed by atoms with Gasteiger partial charge in [0.25, 0.3) is 0 Å². The summed E-state index contributed by atoms with van der Waals surface area (Å²) >= 11 is 0. The van der Waals surface area contributed by atoms with Crippen LogP contribution < -0.4 is 0 Å². The Bertz CT molecular complexity index is 448. The van der Waals surface area contributed by atoms with Gasteiger partial charge >= 0.3 is 0 Å². The second kappa shape index (κ2) is 4.77. The van der Waals surface area contributed by atoms with E-state index in [-0.39, 0.29) is 5.54 Å². The van der Waals surface area contributed by atoms with Gasteiger partial charge in [-0.25, -0.2) is 0 Å². The molecular weight excluding hydrogens is 206 g/mol. The van der Waals surface area contributed by atoms with Crippen LogP contribution in [0.4, 0.5) is 0 Å². The molecule has 1 aliphatic heterocycles. The molecule has 2 rings (SSSR count). The lowest BCUT2D eigenvalue weighted by molar-refractivity contribution is 0.189. The average Bonchev–Trinajstić information content (AvgIpc) is 2.40. The van der Waals surface area contributed by atoms with Crippen LogP contribution in [0.1, 0.15) is 25.8 Å². The average molecular weight is 225 g/mol. The lowest BCUT2D eigenvalue weighted by atomic mass is 9.95. The lowest BCUT2D eigenvalue weighted by Gasteiger charge is -2.36. The van der Waals surface area contributed by atoms with Gasteiger partial charge in [0.1, 0.15) is 0 Å². The van der Waals surface area contributed by atoms with Gasteiger partial charge in [-0.1, -0.05) is 42.3 Å². The Balaban J connectivity index is 2.12. The van der Waals surface area contributed by atoms with Crippen molar-refractivity contribution in [1.82, 2.24) is 4.90 Å². The van der Waals surface area contributed by atoms with E-state index in [1.807, 2.05) is 0 Å². The highest BCUT2D eigenvalue weighted by Gasteiger charge is 2.25. The molecule has 0 amide bonds. The molecule has 0 spiro atoms. The first-order valence-electron chi connectivity index (χ1n) is 6.11. The summed E-state index contributed by atoms with van der Waals surface area (Å²) in [4.78, 5) is 2.35. The predicted octanol–water partition coefficient (Wildman–Crippen LogP) is 3.19. The largest absolute Gasteiger partial charge is 0.284 e. The van der Waals surface area contributed by atoms with Crippen LogP contribution in [0, 0.1) is 12.3 Å². The Morgan fingerprint density at radius 2 is 1.94 bits per heavy atom. The fraction of sp³-hybridized carbons (Fsp3) is 0.375. The maximum atomic E-state index is 5.57. The summed E-state index contributed by atoms with van der Waals surface area (Å²) in [7, 11) is 0. The quantitative estimate of drug-likeness (QED) is 0.699. The molecule has 0 aliphatic carbocycles. The Morgan fingerprint density at radius 3 is 2.47 bits per heavy atom. The van der Waals surface area contributed by atoms with E-state index in [2.05, 4.69) is 61.1 Å². The zero-order valence-corrected chi connectivity index (χ0v) is 10.6. The number of hydrogen-bond donors (Lipinski definition) is 0. The van der Waals surface area contributed by atoms with E-state index in [4.69, 9.17) is 6.42 Å². The molecule has 0 N–H and O–H groups in total. The van der Waals surface area contributed by atoms with Crippen molar-refractivity contribution in [1.29, 1.82) is 0 Å². The first-order chi connectivity index (χ1) is 8.13. The van der Waals surface area contributed by atoms with Crippen LogP contribution in [-0.2, 0) is 0 Å². The van der Waals surface area contributed by atoms with Crippen molar-refractivity contribution in [3.05, 3.63) is 42.0 Å². The van der Waals surface area contributed by atoms with Crippen molar-refractivity contribution in [3.8, 4) is 12.3 Å². The molecule has 0 unspecified atom stereocenters. The van der Waals surface area contributed by atoms with Gasteiger partial charge in [0.15, 0.2) is 0 Å². The summed E-state index contributed by atoms with van der Waals surface area (Å²) in [6.45, 7) is 6.20. The van der Waals surface area contributed by atoms with Crippen molar-refractivity contribution in [2.75, 3.05) is 13.1 Å². The first kappa shape index (κ1) is 12.0. The minimum absolute atomic E-state index is 0.140. The fourth-order valence-corrected chi connectivity index (χ4v) is 2.18. The van der Waals surface area contributed by atoms with Crippen molar-refractivity contribution < 1.29 is 0 Å². The molecule has 0 saturated heterocycles. The summed E-state index contributed by atoms with van der Waals surface area (Å²) in [6.07, 6.45) is 8.95. The summed E-state index contributed by atoms with van der Waals surface area (Å²) in [5, 5.41) is 0. The topological polar surface area (TPSA) is 3.24 Å². The summed E-state index contributed by atoms with van der Waals surface area (Å²) in [6, 6.07) is 10.6. The van der Waals surface area contributed by atoms with Gasteiger partial charge in [0.05, 0.1) is 5.54 Å². The number of hydrogen-bond acceptors (Lipinski definition) is 1. The molecular formula is C16H19N. The Morgan fingerprint density at radius 1 is 1.24 bits per heavy atom. The van der Waals surface area contributed by atoms with Crippen LogP contribution >= 0.6 is 0 Å². The molecule has 1 heteroatoms. The normalized spacial score (nSPS) is 17.4. The van der Waals surface area contributed by atoms with E-state index in [1.54, 1.807) is 0 Å². The first-order valence-corrected chi connectivity index (χ1v) is 6.11. The maximum Gasteiger partial charge on any atom is 0.0768 e. The summed E-state index contributed by atoms with van der Waals surface area (Å²) in [5.74, 6) is 2.86. The van der Waals surface area contributed by atoms with Crippen molar-refractivity contribution in [2.45, 2.75) is 25.8 Å². The van der Waals surface area contributed by atoms with Crippen LogP contribution in [0.3, 0.4) is 0 Å². The van der Waals surface area contributed by atoms with E-state index in [0.29, 0.717) is 0 Å². The molecule has 1 aromatic rings. The molecule has 0 radical (unpaired) electrons. The fourth-order valence-electron chi connectivity index (χ4n) is 2.18. The highest BCUT2D eigenvalue weighted by atomic mass is 15.2. The standard InChI is InChI=1S/C16H19N/c1-4-16(2,3)17-12-10-15(11-13-17)14-8-6-5-7-9-14/h1,5-10H,11-13H2,2-3H3. The number of nitrogens with zero attached hydrogens (tertiary/aromatic N) is 1. The van der Waals surface area contributed by atoms with Crippen molar-refractivity contribution >= 4 is 5.57 Å². The third-order valence-electron chi connectivity index (χ3n) is 3.50. The predicted molar refractivity (Wildman–Crippen MR) is 73.5 cm³/mol. The van der Waals surface area contributed by atoms with E-state index < -0.39 is 0 Å². The molecule has 1 aliphatic rings. The van der Waals surface area contributed by atoms with E-state index >= 15 is 0 Å². The summed E-state index contributed by atoms with van der Waals surface area (Å²) in [5.41, 5.74) is 2.64. The second-order valence-corrected chi connectivity index (χ2v) is 4.99. The Kier molecular flexibility index (Phi) is 3.36. The molecule has 0 bridgehead atoms. The molecule has 88 valence electrons. The van der Waals surface area contributed by atoms with E-state index in [0.717, 1.165) is 19.5 Å². The molecule has 0 aromatic heterocycles. The molecule has 0 atom stereocenters. The van der Waals surface area contributed by atoms with Crippen LogP contribution in [0.5, 0.6) is 0 Å². The van der Waals surface area contributed by atoms with E-state index in [1.165, 1.54) is 11.1 Å². The van der Waals surface area contributed by atoms with E-state index in [9.17, 15) is 0 Å². The van der Waals surface area contributed by atoms with Gasteiger partial charge in [-0.2, -0.15) is 0 Å². The molecule has 1 heterocycles. The monoisotopic (exact) mass is 225 g/mol. The van der Waals surface area contributed by atoms with Gasteiger partial charge in [-0.3, -0.25) is 4.90 Å². The van der Waals surface area contributed by atoms with Crippen LogP contribution in [-0.4, -0.2) is 23.5 Å². The van der Waals surface area contributed by atoms with Gasteiger partial charge in [0.2, 0.25) is 0 Å². The van der Waals surface area contributed by atoms with Gasteiger partial charge in [-0.15, -0.1) is 6.42 Å². The molecule has 1 aromatic carbocycles. The second-order valence-electron chi connectivity index (χ2n) is 4.99. The third kappa shape index (κ3) is 2.60. The number of benzene rings is 1. The minimum Gasteiger partial charge on any atom is -0.284 e. The zero-order chi connectivity index (χ0) is 12.3. The minimum atomic E-state index is -0.140. The van der Waals surface area contributed by atoms with Gasteiger partial charge in [-0.05, 0) is 31.4 Å².